The van der Waals surface area contributed by atoms with E-state index >= 15 is 0 Å². The molecule has 0 spiro atoms. The largest absolute Gasteiger partial charge is 0.494 e. The summed E-state index contributed by atoms with van der Waals surface area (Å²) < 4.78 is 13.7. The molecule has 2 aromatic carbocycles. The van der Waals surface area contributed by atoms with E-state index in [1.54, 1.807) is 13.0 Å². The second-order valence-electron chi connectivity index (χ2n) is 11.4. The van der Waals surface area contributed by atoms with Crippen molar-refractivity contribution < 1.29 is 19.1 Å². The van der Waals surface area contributed by atoms with Gasteiger partial charge in [0.25, 0.3) is 5.91 Å². The number of rotatable bonds is 7. The van der Waals surface area contributed by atoms with Gasteiger partial charge in [-0.2, -0.15) is 0 Å². The van der Waals surface area contributed by atoms with Crippen molar-refractivity contribution in [2.24, 2.45) is 0 Å². The zero-order valence-corrected chi connectivity index (χ0v) is 25.8. The third-order valence-corrected chi connectivity index (χ3v) is 7.18. The second-order valence-corrected chi connectivity index (χ2v) is 11.4. The van der Waals surface area contributed by atoms with Gasteiger partial charge in [0.2, 0.25) is 5.91 Å². The molecule has 2 bridgehead atoms. The monoisotopic (exact) mass is 591 g/mol. The van der Waals surface area contributed by atoms with Gasteiger partial charge in [0.05, 0.1) is 24.5 Å². The van der Waals surface area contributed by atoms with Crippen LogP contribution < -0.4 is 20.1 Å². The van der Waals surface area contributed by atoms with Crippen LogP contribution in [0.15, 0.2) is 48.7 Å². The summed E-state index contributed by atoms with van der Waals surface area (Å²) in [4.78, 5) is 30.2. The van der Waals surface area contributed by atoms with Gasteiger partial charge < -0.3 is 25.0 Å². The third-order valence-electron chi connectivity index (χ3n) is 7.18. The smallest absolute Gasteiger partial charge is 0.255 e. The van der Waals surface area contributed by atoms with Crippen molar-refractivity contribution in [1.82, 2.24) is 35.4 Å². The van der Waals surface area contributed by atoms with Crippen molar-refractivity contribution in [3.63, 3.8) is 0 Å². The molecule has 232 valence electrons. The van der Waals surface area contributed by atoms with Crippen molar-refractivity contribution in [2.75, 3.05) is 46.9 Å². The molecule has 0 fully saturated rings. The number of fused-ring (bicyclic) bond motifs is 3. The highest BCUT2D eigenvalue weighted by Gasteiger charge is 2.20. The summed E-state index contributed by atoms with van der Waals surface area (Å²) >= 11 is 0. The normalized spacial score (nSPS) is 17.6. The van der Waals surface area contributed by atoms with Gasteiger partial charge in [-0.3, -0.25) is 19.2 Å². The summed E-state index contributed by atoms with van der Waals surface area (Å²) in [6.45, 7) is 8.96. The van der Waals surface area contributed by atoms with E-state index < -0.39 is 6.04 Å². The molecule has 2 N–H and O–H groups in total. The molecule has 1 atom stereocenters. The minimum Gasteiger partial charge on any atom is -0.494 e. The van der Waals surface area contributed by atoms with E-state index in [9.17, 15) is 9.59 Å². The number of carbonyl (C=O) groups excluding carboxylic acids is 2. The first-order valence-corrected chi connectivity index (χ1v) is 15.1. The molecule has 0 radical (unpaired) electrons. The molecule has 11 nitrogen and oxygen atoms in total. The SMILES string of the molecule is Cc1ccc2c(c1)OCCCn1cc(nn1)CN(Cc1ccc(OCCCN(C)C)cc1)CCCNC(=O)[C@@H](C)NC2=O. The standard InChI is InChI=1S/C32H45N7O4/c1-24-8-13-29-30(20-24)43-19-7-17-39-23-27(35-36-39)22-38(16-5-14-33-31(40)25(2)34-32(29)41)21-26-9-11-28(12-10-26)42-18-6-15-37(3)4/h8-13,20,23,25H,5-7,14-19,21-22H2,1-4H3,(H,33,40)(H,34,41)/t25-/m1/s1. The topological polar surface area (TPSA) is 114 Å². The molecular weight excluding hydrogens is 546 g/mol. The van der Waals surface area contributed by atoms with Crippen molar-refractivity contribution in [3.8, 4) is 11.5 Å². The zero-order chi connectivity index (χ0) is 30.6. The predicted octanol–water partition coefficient (Wildman–Crippen LogP) is 3.03. The summed E-state index contributed by atoms with van der Waals surface area (Å²) in [6, 6.07) is 13.0. The van der Waals surface area contributed by atoms with Gasteiger partial charge in [-0.05, 0) is 76.2 Å². The summed E-state index contributed by atoms with van der Waals surface area (Å²) in [5.41, 5.74) is 3.44. The van der Waals surface area contributed by atoms with E-state index in [4.69, 9.17) is 9.47 Å². The van der Waals surface area contributed by atoms with E-state index in [2.05, 4.69) is 57.0 Å². The number of carbonyl (C=O) groups is 2. The molecule has 0 saturated carbocycles. The Balaban J connectivity index is 1.41. The first-order valence-electron chi connectivity index (χ1n) is 15.1. The molecule has 0 saturated heterocycles. The lowest BCUT2D eigenvalue weighted by molar-refractivity contribution is -0.122. The van der Waals surface area contributed by atoms with Gasteiger partial charge in [-0.25, -0.2) is 0 Å². The summed E-state index contributed by atoms with van der Waals surface area (Å²) in [5, 5.41) is 14.5. The summed E-state index contributed by atoms with van der Waals surface area (Å²) in [7, 11) is 4.12. The second kappa shape index (κ2) is 16.0. The lowest BCUT2D eigenvalue weighted by Gasteiger charge is -2.22. The number of hydrogen-bond acceptors (Lipinski definition) is 8. The van der Waals surface area contributed by atoms with Gasteiger partial charge in [-0.1, -0.05) is 23.4 Å². The Morgan fingerprint density at radius 1 is 1.09 bits per heavy atom. The molecular formula is C32H45N7O4. The van der Waals surface area contributed by atoms with Gasteiger partial charge in [-0.15, -0.1) is 5.10 Å². The maximum absolute atomic E-state index is 13.0. The molecule has 11 heteroatoms. The summed E-state index contributed by atoms with van der Waals surface area (Å²) in [5.74, 6) is 0.804. The van der Waals surface area contributed by atoms with Crippen LogP contribution in [-0.4, -0.2) is 89.6 Å². The Kier molecular flexibility index (Phi) is 11.9. The first kappa shape index (κ1) is 32.0. The predicted molar refractivity (Wildman–Crippen MR) is 165 cm³/mol. The van der Waals surface area contributed by atoms with Crippen LogP contribution in [0.4, 0.5) is 0 Å². The molecule has 43 heavy (non-hydrogen) atoms. The molecule has 1 aliphatic rings. The van der Waals surface area contributed by atoms with E-state index in [1.165, 1.54) is 5.56 Å². The number of aromatic nitrogens is 3. The van der Waals surface area contributed by atoms with Gasteiger partial charge in [0.1, 0.15) is 17.5 Å². The minimum absolute atomic E-state index is 0.225. The number of amides is 2. The highest BCUT2D eigenvalue weighted by molar-refractivity contribution is 5.99. The Bertz CT molecular complexity index is 1330. The average molecular weight is 592 g/mol. The van der Waals surface area contributed by atoms with Crippen molar-refractivity contribution in [1.29, 1.82) is 0 Å². The molecule has 2 heterocycles. The number of nitrogens with one attached hydrogen (secondary N) is 2. The highest BCUT2D eigenvalue weighted by atomic mass is 16.5. The van der Waals surface area contributed by atoms with Gasteiger partial charge >= 0.3 is 0 Å². The molecule has 3 aromatic rings. The summed E-state index contributed by atoms with van der Waals surface area (Å²) in [6.07, 6.45) is 4.39. The van der Waals surface area contributed by atoms with Crippen LogP contribution in [0.1, 0.15) is 53.4 Å². The fraction of sp³-hybridized carbons (Fsp3) is 0.500. The number of nitrogens with zero attached hydrogens (tertiary/aromatic N) is 5. The Labute approximate surface area is 254 Å². The minimum atomic E-state index is -0.683. The Morgan fingerprint density at radius 2 is 1.91 bits per heavy atom. The fourth-order valence-electron chi connectivity index (χ4n) is 4.84. The molecule has 4 rings (SSSR count). The van der Waals surface area contributed by atoms with E-state index in [0.717, 1.165) is 49.5 Å². The van der Waals surface area contributed by atoms with Crippen LogP contribution >= 0.6 is 0 Å². The number of benzene rings is 2. The van der Waals surface area contributed by atoms with Crippen molar-refractivity contribution >= 4 is 11.8 Å². The van der Waals surface area contributed by atoms with Crippen LogP contribution in [-0.2, 0) is 24.4 Å². The van der Waals surface area contributed by atoms with Crippen molar-refractivity contribution in [2.45, 2.75) is 58.8 Å². The molecule has 0 aliphatic carbocycles. The van der Waals surface area contributed by atoms with Gasteiger partial charge in [0, 0.05) is 51.9 Å². The molecule has 0 unspecified atom stereocenters. The third kappa shape index (κ3) is 10.4. The quantitative estimate of drug-likeness (QED) is 0.403. The van der Waals surface area contributed by atoms with E-state index in [-0.39, 0.29) is 11.8 Å². The molecule has 1 aromatic heterocycles. The maximum Gasteiger partial charge on any atom is 0.255 e. The maximum atomic E-state index is 13.0. The molecule has 1 aliphatic heterocycles. The first-order chi connectivity index (χ1) is 20.8. The average Bonchev–Trinajstić information content (AvgIpc) is 3.42. The fourth-order valence-corrected chi connectivity index (χ4v) is 4.84. The van der Waals surface area contributed by atoms with E-state index in [0.29, 0.717) is 50.6 Å². The van der Waals surface area contributed by atoms with Crippen LogP contribution in [0, 0.1) is 6.92 Å². The van der Waals surface area contributed by atoms with E-state index in [1.807, 2.05) is 42.1 Å². The number of ether oxygens (including phenoxy) is 2. The van der Waals surface area contributed by atoms with Crippen LogP contribution in [0.3, 0.4) is 0 Å². The van der Waals surface area contributed by atoms with Crippen LogP contribution in [0.25, 0.3) is 0 Å². The molecule has 2 amide bonds. The lowest BCUT2D eigenvalue weighted by atomic mass is 10.1. The Morgan fingerprint density at radius 3 is 2.70 bits per heavy atom. The Hall–Kier alpha value is -3.96. The van der Waals surface area contributed by atoms with Crippen LogP contribution in [0.5, 0.6) is 11.5 Å². The highest BCUT2D eigenvalue weighted by Crippen LogP contribution is 2.21. The zero-order valence-electron chi connectivity index (χ0n) is 25.8. The number of aryl methyl sites for hydroxylation is 2. The lowest BCUT2D eigenvalue weighted by Crippen LogP contribution is -2.45. The van der Waals surface area contributed by atoms with Crippen molar-refractivity contribution in [3.05, 3.63) is 71.0 Å². The number of hydrogen-bond donors (Lipinski definition) is 2. The van der Waals surface area contributed by atoms with Crippen LogP contribution in [0.2, 0.25) is 0 Å². The van der Waals surface area contributed by atoms with Gasteiger partial charge in [0.15, 0.2) is 0 Å².